The van der Waals surface area contributed by atoms with Gasteiger partial charge >= 0.3 is 6.09 Å². The minimum absolute atomic E-state index is 0.272. The molecule has 0 saturated heterocycles. The number of alkyl carbamates (subject to hydrolysis) is 1. The first kappa shape index (κ1) is 13.4. The molecule has 2 aromatic rings. The first-order valence-corrected chi connectivity index (χ1v) is 6.03. The van der Waals surface area contributed by atoms with E-state index in [4.69, 9.17) is 0 Å². The van der Waals surface area contributed by atoms with E-state index in [9.17, 15) is 9.18 Å². The number of ether oxygens (including phenoxy) is 1. The number of carbonyl (C=O) groups excluding carboxylic acids is 1. The molecule has 19 heavy (non-hydrogen) atoms. The molecule has 2 N–H and O–H groups in total. The molecular weight excluding hydrogens is 247 g/mol. The third-order valence-corrected chi connectivity index (χ3v) is 3.23. The number of hydrogen-bond acceptors (Lipinski definition) is 2. The van der Waals surface area contributed by atoms with Crippen molar-refractivity contribution in [2.24, 2.45) is 0 Å². The Morgan fingerprint density at radius 1 is 1.47 bits per heavy atom. The monoisotopic (exact) mass is 264 g/mol. The van der Waals surface area contributed by atoms with Crippen LogP contribution in [0.1, 0.15) is 19.4 Å². The van der Waals surface area contributed by atoms with Crippen LogP contribution >= 0.6 is 0 Å². The number of halogens is 1. The van der Waals surface area contributed by atoms with Crippen LogP contribution in [0, 0.1) is 5.82 Å². The normalized spacial score (nSPS) is 11.6. The summed E-state index contributed by atoms with van der Waals surface area (Å²) in [5.41, 5.74) is 1.49. The predicted octanol–water partition coefficient (Wildman–Crippen LogP) is 2.94. The molecule has 0 fully saturated rings. The highest BCUT2D eigenvalue weighted by molar-refractivity contribution is 5.84. The molecule has 2 rings (SSSR count). The molecule has 4 nitrogen and oxygen atoms in total. The molecular formula is C14H17FN2O2. The molecule has 0 spiro atoms. The molecule has 1 aromatic carbocycles. The van der Waals surface area contributed by atoms with Crippen LogP contribution in [-0.2, 0) is 10.2 Å². The Balaban J connectivity index is 2.29. The zero-order chi connectivity index (χ0) is 14.0. The zero-order valence-electron chi connectivity index (χ0n) is 11.2. The van der Waals surface area contributed by atoms with Gasteiger partial charge in [-0.15, -0.1) is 0 Å². The molecule has 0 aliphatic carbocycles. The van der Waals surface area contributed by atoms with Gasteiger partial charge in [0.2, 0.25) is 0 Å². The van der Waals surface area contributed by atoms with E-state index in [-0.39, 0.29) is 11.2 Å². The van der Waals surface area contributed by atoms with Crippen molar-refractivity contribution in [2.75, 3.05) is 13.7 Å². The predicted molar refractivity (Wildman–Crippen MR) is 71.7 cm³/mol. The van der Waals surface area contributed by atoms with Crippen molar-refractivity contribution in [1.29, 1.82) is 0 Å². The average molecular weight is 264 g/mol. The van der Waals surface area contributed by atoms with Gasteiger partial charge in [-0.3, -0.25) is 0 Å². The fraction of sp³-hybridized carbons (Fsp3) is 0.357. The Labute approximate surface area is 111 Å². The van der Waals surface area contributed by atoms with E-state index in [2.05, 4.69) is 15.0 Å². The minimum atomic E-state index is -0.459. The molecule has 0 atom stereocenters. The lowest BCUT2D eigenvalue weighted by Gasteiger charge is -2.24. The van der Waals surface area contributed by atoms with E-state index in [0.717, 1.165) is 16.5 Å². The lowest BCUT2D eigenvalue weighted by Crippen LogP contribution is -2.36. The van der Waals surface area contributed by atoms with Crippen LogP contribution in [0.25, 0.3) is 10.9 Å². The SMILES string of the molecule is COC(=O)NCC(C)(C)c1c[nH]c2cc(F)ccc12. The summed E-state index contributed by atoms with van der Waals surface area (Å²) in [7, 11) is 1.33. The van der Waals surface area contributed by atoms with Crippen molar-refractivity contribution in [1.82, 2.24) is 10.3 Å². The lowest BCUT2D eigenvalue weighted by atomic mass is 9.84. The number of aromatic nitrogens is 1. The fourth-order valence-electron chi connectivity index (χ4n) is 2.12. The van der Waals surface area contributed by atoms with Crippen molar-refractivity contribution in [3.8, 4) is 0 Å². The molecule has 0 aliphatic rings. The average Bonchev–Trinajstić information content (AvgIpc) is 2.79. The highest BCUT2D eigenvalue weighted by Gasteiger charge is 2.24. The minimum Gasteiger partial charge on any atom is -0.453 e. The van der Waals surface area contributed by atoms with Crippen LogP contribution in [0.3, 0.4) is 0 Å². The van der Waals surface area contributed by atoms with Gasteiger partial charge in [0, 0.05) is 29.1 Å². The molecule has 0 aliphatic heterocycles. The largest absolute Gasteiger partial charge is 0.453 e. The second-order valence-electron chi connectivity index (χ2n) is 5.12. The molecule has 1 aromatic heterocycles. The van der Waals surface area contributed by atoms with Gasteiger partial charge in [0.15, 0.2) is 0 Å². The van der Waals surface area contributed by atoms with Gasteiger partial charge in [0.25, 0.3) is 0 Å². The van der Waals surface area contributed by atoms with E-state index < -0.39 is 6.09 Å². The highest BCUT2D eigenvalue weighted by atomic mass is 19.1. The summed E-state index contributed by atoms with van der Waals surface area (Å²) in [6, 6.07) is 4.64. The molecule has 0 saturated carbocycles. The van der Waals surface area contributed by atoms with E-state index in [1.165, 1.54) is 19.2 Å². The number of carbonyl (C=O) groups is 1. The maximum Gasteiger partial charge on any atom is 0.406 e. The quantitative estimate of drug-likeness (QED) is 0.895. The summed E-state index contributed by atoms with van der Waals surface area (Å²) in [4.78, 5) is 14.2. The first-order valence-electron chi connectivity index (χ1n) is 6.03. The number of amides is 1. The Bertz CT molecular complexity index is 605. The maximum absolute atomic E-state index is 13.1. The van der Waals surface area contributed by atoms with Gasteiger partial charge in [-0.25, -0.2) is 9.18 Å². The molecule has 5 heteroatoms. The van der Waals surface area contributed by atoms with Crippen LogP contribution in [0.2, 0.25) is 0 Å². The Hall–Kier alpha value is -2.04. The van der Waals surface area contributed by atoms with Gasteiger partial charge in [-0.05, 0) is 23.8 Å². The van der Waals surface area contributed by atoms with Crippen molar-refractivity contribution in [2.45, 2.75) is 19.3 Å². The van der Waals surface area contributed by atoms with E-state index in [0.29, 0.717) is 6.54 Å². The van der Waals surface area contributed by atoms with Crippen LogP contribution in [0.5, 0.6) is 0 Å². The summed E-state index contributed by atoms with van der Waals surface area (Å²) >= 11 is 0. The third-order valence-electron chi connectivity index (χ3n) is 3.23. The van der Waals surface area contributed by atoms with Gasteiger partial charge in [-0.2, -0.15) is 0 Å². The summed E-state index contributed by atoms with van der Waals surface area (Å²) in [6.45, 7) is 4.45. The van der Waals surface area contributed by atoms with Gasteiger partial charge < -0.3 is 15.0 Å². The number of benzene rings is 1. The zero-order valence-corrected chi connectivity index (χ0v) is 11.2. The van der Waals surface area contributed by atoms with E-state index >= 15 is 0 Å². The summed E-state index contributed by atoms with van der Waals surface area (Å²) < 4.78 is 17.7. The molecule has 102 valence electrons. The number of nitrogens with one attached hydrogen (secondary N) is 2. The second kappa shape index (κ2) is 4.91. The fourth-order valence-corrected chi connectivity index (χ4v) is 2.12. The number of H-pyrrole nitrogens is 1. The van der Waals surface area contributed by atoms with Crippen LogP contribution in [0.15, 0.2) is 24.4 Å². The molecule has 0 bridgehead atoms. The van der Waals surface area contributed by atoms with Crippen molar-refractivity contribution in [3.63, 3.8) is 0 Å². The number of aromatic amines is 1. The van der Waals surface area contributed by atoms with Gasteiger partial charge in [-0.1, -0.05) is 13.8 Å². The van der Waals surface area contributed by atoms with Gasteiger partial charge in [0.05, 0.1) is 7.11 Å². The van der Waals surface area contributed by atoms with Crippen molar-refractivity contribution in [3.05, 3.63) is 35.8 Å². The van der Waals surface area contributed by atoms with Gasteiger partial charge in [0.1, 0.15) is 5.82 Å². The topological polar surface area (TPSA) is 54.1 Å². The third kappa shape index (κ3) is 2.70. The Morgan fingerprint density at radius 2 is 2.21 bits per heavy atom. The van der Waals surface area contributed by atoms with Crippen molar-refractivity contribution >= 4 is 17.0 Å². The highest BCUT2D eigenvalue weighted by Crippen LogP contribution is 2.30. The molecule has 0 radical (unpaired) electrons. The van der Waals surface area contributed by atoms with Crippen LogP contribution in [0.4, 0.5) is 9.18 Å². The first-order chi connectivity index (χ1) is 8.94. The number of fused-ring (bicyclic) bond motifs is 1. The maximum atomic E-state index is 13.1. The van der Waals surface area contributed by atoms with E-state index in [1.807, 2.05) is 20.0 Å². The standard InChI is InChI=1S/C14H17FN2O2/c1-14(2,8-17-13(18)19-3)11-7-16-12-6-9(15)4-5-10(11)12/h4-7,16H,8H2,1-3H3,(H,17,18). The Kier molecular flexibility index (Phi) is 3.46. The van der Waals surface area contributed by atoms with Crippen molar-refractivity contribution < 1.29 is 13.9 Å². The smallest absolute Gasteiger partial charge is 0.406 e. The molecule has 1 amide bonds. The summed E-state index contributed by atoms with van der Waals surface area (Å²) in [5.74, 6) is -0.272. The van der Waals surface area contributed by atoms with E-state index in [1.54, 1.807) is 6.07 Å². The molecule has 0 unspecified atom stereocenters. The van der Waals surface area contributed by atoms with Crippen LogP contribution in [-0.4, -0.2) is 24.7 Å². The lowest BCUT2D eigenvalue weighted by molar-refractivity contribution is 0.168. The van der Waals surface area contributed by atoms with Crippen LogP contribution < -0.4 is 5.32 Å². The number of hydrogen-bond donors (Lipinski definition) is 2. The number of methoxy groups -OCH3 is 1. The number of rotatable bonds is 3. The second-order valence-corrected chi connectivity index (χ2v) is 5.12. The molecule has 1 heterocycles. The Morgan fingerprint density at radius 3 is 2.89 bits per heavy atom. The summed E-state index contributed by atoms with van der Waals surface area (Å²) in [5, 5.41) is 3.64. The summed E-state index contributed by atoms with van der Waals surface area (Å²) in [6.07, 6.45) is 1.39.